The van der Waals surface area contributed by atoms with E-state index in [2.05, 4.69) is 35.6 Å². The van der Waals surface area contributed by atoms with E-state index in [4.69, 9.17) is 17.3 Å². The van der Waals surface area contributed by atoms with Crippen LogP contribution in [0.4, 0.5) is 0 Å². The van der Waals surface area contributed by atoms with Crippen LogP contribution in [0.2, 0.25) is 5.02 Å². The van der Waals surface area contributed by atoms with Crippen LogP contribution in [0.3, 0.4) is 0 Å². The topological polar surface area (TPSA) is 26.0 Å². The van der Waals surface area contributed by atoms with Crippen LogP contribution >= 0.6 is 34.2 Å². The third-order valence-corrected chi connectivity index (χ3v) is 5.31. The zero-order valence-corrected chi connectivity index (χ0v) is 15.4. The van der Waals surface area contributed by atoms with Gasteiger partial charge in [0.1, 0.15) is 0 Å². The molecular formula is C17H27ClIN. The Labute approximate surface area is 142 Å². The van der Waals surface area contributed by atoms with E-state index in [1.807, 2.05) is 12.1 Å². The molecule has 0 aliphatic heterocycles. The summed E-state index contributed by atoms with van der Waals surface area (Å²) in [7, 11) is 0. The van der Waals surface area contributed by atoms with Crippen molar-refractivity contribution < 1.29 is 0 Å². The molecule has 1 rings (SSSR count). The maximum absolute atomic E-state index is 6.23. The largest absolute Gasteiger partial charge is 0.324 e. The van der Waals surface area contributed by atoms with E-state index in [9.17, 15) is 0 Å². The Kier molecular flexibility index (Phi) is 9.91. The number of benzene rings is 1. The molecule has 1 nitrogen and oxygen atoms in total. The summed E-state index contributed by atoms with van der Waals surface area (Å²) in [6, 6.07) is 6.29. The van der Waals surface area contributed by atoms with E-state index < -0.39 is 0 Å². The molecule has 0 saturated heterocycles. The second kappa shape index (κ2) is 10.9. The van der Waals surface area contributed by atoms with Gasteiger partial charge in [-0.25, -0.2) is 0 Å². The maximum atomic E-state index is 6.23. The summed E-state index contributed by atoms with van der Waals surface area (Å²) in [5, 5.41) is 0.814. The molecule has 1 unspecified atom stereocenters. The minimum Gasteiger partial charge on any atom is -0.324 e. The molecule has 20 heavy (non-hydrogen) atoms. The van der Waals surface area contributed by atoms with Gasteiger partial charge in [-0.15, -0.1) is 0 Å². The van der Waals surface area contributed by atoms with Crippen LogP contribution in [-0.4, -0.2) is 0 Å². The number of unbranched alkanes of at least 4 members (excludes halogenated alkanes) is 7. The molecule has 114 valence electrons. The van der Waals surface area contributed by atoms with Gasteiger partial charge in [0.05, 0.1) is 5.02 Å². The molecule has 0 bridgehead atoms. The first-order valence-electron chi connectivity index (χ1n) is 7.85. The fraction of sp³-hybridized carbons (Fsp3) is 0.647. The normalized spacial score (nSPS) is 12.6. The molecular weight excluding hydrogens is 381 g/mol. The number of rotatable bonds is 10. The van der Waals surface area contributed by atoms with E-state index in [1.165, 1.54) is 56.9 Å². The molecule has 2 N–H and O–H groups in total. The highest BCUT2D eigenvalue weighted by Gasteiger charge is 2.07. The first-order chi connectivity index (χ1) is 9.65. The summed E-state index contributed by atoms with van der Waals surface area (Å²) < 4.78 is 1.09. The average Bonchev–Trinajstić information content (AvgIpc) is 2.44. The van der Waals surface area contributed by atoms with Crippen LogP contribution < -0.4 is 5.73 Å². The summed E-state index contributed by atoms with van der Waals surface area (Å²) in [5.74, 6) is 0. The molecule has 3 heteroatoms. The van der Waals surface area contributed by atoms with Gasteiger partial charge in [0.25, 0.3) is 0 Å². The highest BCUT2D eigenvalue weighted by atomic mass is 127. The summed E-state index contributed by atoms with van der Waals surface area (Å²) in [6.45, 7) is 2.26. The first kappa shape index (κ1) is 18.2. The monoisotopic (exact) mass is 407 g/mol. The third-order valence-electron chi connectivity index (χ3n) is 3.74. The van der Waals surface area contributed by atoms with Gasteiger partial charge in [-0.2, -0.15) is 0 Å². The Hall–Kier alpha value is 0.200. The third kappa shape index (κ3) is 7.28. The lowest BCUT2D eigenvalue weighted by molar-refractivity contribution is 0.536. The second-order valence-corrected chi connectivity index (χ2v) is 7.11. The minimum absolute atomic E-state index is 0.129. The summed E-state index contributed by atoms with van der Waals surface area (Å²) >= 11 is 8.38. The molecule has 0 aliphatic rings. The SMILES string of the molecule is CCCCCCCCCCC(N)c1ccc(I)c(Cl)c1. The lowest BCUT2D eigenvalue weighted by Crippen LogP contribution is -2.10. The van der Waals surface area contributed by atoms with E-state index in [0.717, 1.165) is 15.0 Å². The molecule has 0 fully saturated rings. The molecule has 1 aromatic carbocycles. The minimum atomic E-state index is 0.129. The Balaban J connectivity index is 2.13. The molecule has 0 saturated carbocycles. The van der Waals surface area contributed by atoms with E-state index in [-0.39, 0.29) is 6.04 Å². The van der Waals surface area contributed by atoms with Gasteiger partial charge in [-0.05, 0) is 46.7 Å². The van der Waals surface area contributed by atoms with Crippen LogP contribution in [0, 0.1) is 3.57 Å². The van der Waals surface area contributed by atoms with Crippen LogP contribution in [0.5, 0.6) is 0 Å². The average molecular weight is 408 g/mol. The van der Waals surface area contributed by atoms with Crippen molar-refractivity contribution in [2.24, 2.45) is 5.73 Å². The number of nitrogens with two attached hydrogens (primary N) is 1. The van der Waals surface area contributed by atoms with Crippen molar-refractivity contribution in [3.05, 3.63) is 32.4 Å². The first-order valence-corrected chi connectivity index (χ1v) is 9.31. The quantitative estimate of drug-likeness (QED) is 0.349. The lowest BCUT2D eigenvalue weighted by Gasteiger charge is -2.12. The van der Waals surface area contributed by atoms with Gasteiger partial charge in [0.15, 0.2) is 0 Å². The molecule has 0 aliphatic carbocycles. The predicted molar refractivity (Wildman–Crippen MR) is 98.3 cm³/mol. The van der Waals surface area contributed by atoms with Gasteiger partial charge in [0, 0.05) is 9.61 Å². The predicted octanol–water partition coefficient (Wildman–Crippen LogP) is 6.48. The van der Waals surface area contributed by atoms with Crippen LogP contribution in [0.25, 0.3) is 0 Å². The second-order valence-electron chi connectivity index (χ2n) is 5.54. The number of hydrogen-bond acceptors (Lipinski definition) is 1. The van der Waals surface area contributed by atoms with Crippen molar-refractivity contribution in [2.45, 2.75) is 70.8 Å². The molecule has 0 amide bonds. The van der Waals surface area contributed by atoms with Crippen molar-refractivity contribution in [2.75, 3.05) is 0 Å². The zero-order valence-electron chi connectivity index (χ0n) is 12.5. The Morgan fingerprint density at radius 1 is 1.05 bits per heavy atom. The van der Waals surface area contributed by atoms with Crippen LogP contribution in [0.1, 0.15) is 76.3 Å². The maximum Gasteiger partial charge on any atom is 0.0542 e. The van der Waals surface area contributed by atoms with Gasteiger partial charge in [-0.3, -0.25) is 0 Å². The van der Waals surface area contributed by atoms with Crippen molar-refractivity contribution in [3.63, 3.8) is 0 Å². The lowest BCUT2D eigenvalue weighted by atomic mass is 10.0. The number of hydrogen-bond donors (Lipinski definition) is 1. The van der Waals surface area contributed by atoms with Crippen molar-refractivity contribution in [3.8, 4) is 0 Å². The standard InChI is InChI=1S/C17H27ClIN/c1-2-3-4-5-6-7-8-9-10-17(20)14-11-12-16(19)15(18)13-14/h11-13,17H,2-10,20H2,1H3. The fourth-order valence-corrected chi connectivity index (χ4v) is 2.93. The molecule has 0 aromatic heterocycles. The van der Waals surface area contributed by atoms with Gasteiger partial charge >= 0.3 is 0 Å². The number of halogens is 2. The summed E-state index contributed by atoms with van der Waals surface area (Å²) in [6.07, 6.45) is 11.8. The highest BCUT2D eigenvalue weighted by Crippen LogP contribution is 2.25. The van der Waals surface area contributed by atoms with Crippen molar-refractivity contribution >= 4 is 34.2 Å². The van der Waals surface area contributed by atoms with E-state index in [1.54, 1.807) is 0 Å². The van der Waals surface area contributed by atoms with E-state index in [0.29, 0.717) is 0 Å². The molecule has 0 spiro atoms. The van der Waals surface area contributed by atoms with Crippen LogP contribution in [-0.2, 0) is 0 Å². The Morgan fingerprint density at radius 2 is 1.65 bits per heavy atom. The zero-order chi connectivity index (χ0) is 14.8. The van der Waals surface area contributed by atoms with Crippen molar-refractivity contribution in [1.82, 2.24) is 0 Å². The molecule has 1 atom stereocenters. The molecule has 0 heterocycles. The van der Waals surface area contributed by atoms with E-state index >= 15 is 0 Å². The molecule has 0 radical (unpaired) electrons. The molecule has 1 aromatic rings. The summed E-state index contributed by atoms with van der Waals surface area (Å²) in [4.78, 5) is 0. The van der Waals surface area contributed by atoms with Gasteiger partial charge in [-0.1, -0.05) is 76.0 Å². The van der Waals surface area contributed by atoms with Crippen LogP contribution in [0.15, 0.2) is 18.2 Å². The summed E-state index contributed by atoms with van der Waals surface area (Å²) in [5.41, 5.74) is 7.40. The Morgan fingerprint density at radius 3 is 2.25 bits per heavy atom. The Bertz CT molecular complexity index is 381. The fourth-order valence-electron chi connectivity index (χ4n) is 2.41. The van der Waals surface area contributed by atoms with Crippen molar-refractivity contribution in [1.29, 1.82) is 0 Å². The highest BCUT2D eigenvalue weighted by molar-refractivity contribution is 14.1. The van der Waals surface area contributed by atoms with Gasteiger partial charge in [0.2, 0.25) is 0 Å². The smallest absolute Gasteiger partial charge is 0.0542 e. The van der Waals surface area contributed by atoms with Gasteiger partial charge < -0.3 is 5.73 Å².